The smallest absolute Gasteiger partial charge is 0.0738 e. The van der Waals surface area contributed by atoms with Crippen LogP contribution in [0.3, 0.4) is 0 Å². The normalized spacial score (nSPS) is 13.2. The van der Waals surface area contributed by atoms with Crippen LogP contribution >= 0.6 is 11.8 Å². The molecule has 0 saturated carbocycles. The second kappa shape index (κ2) is 8.48. The largest absolute Gasteiger partial charge is 0.247 e. The van der Waals surface area contributed by atoms with Gasteiger partial charge in [-0.05, 0) is 32.4 Å². The standard InChI is InChI=1S/C17H27NSSi/c1-6-7-13-19-17(12-14-20(3,4)5)18-16-10-8-15(2)9-11-16/h6-11H,12-14H2,1-5H3. The highest BCUT2D eigenvalue weighted by atomic mass is 32.2. The Labute approximate surface area is 129 Å². The van der Waals surface area contributed by atoms with Crippen LogP contribution in [-0.4, -0.2) is 18.9 Å². The lowest BCUT2D eigenvalue weighted by Gasteiger charge is -2.16. The van der Waals surface area contributed by atoms with Crippen molar-refractivity contribution in [1.29, 1.82) is 0 Å². The lowest BCUT2D eigenvalue weighted by atomic mass is 10.2. The minimum atomic E-state index is -1.01. The monoisotopic (exact) mass is 305 g/mol. The van der Waals surface area contributed by atoms with Crippen LogP contribution in [0.5, 0.6) is 0 Å². The second-order valence-electron chi connectivity index (χ2n) is 6.28. The zero-order valence-corrected chi connectivity index (χ0v) is 15.3. The van der Waals surface area contributed by atoms with Crippen LogP contribution in [0.4, 0.5) is 5.69 Å². The van der Waals surface area contributed by atoms with Crippen molar-refractivity contribution >= 4 is 30.6 Å². The van der Waals surface area contributed by atoms with Crippen molar-refractivity contribution in [3.05, 3.63) is 42.0 Å². The van der Waals surface area contributed by atoms with E-state index in [-0.39, 0.29) is 0 Å². The van der Waals surface area contributed by atoms with E-state index in [0.29, 0.717) is 0 Å². The van der Waals surface area contributed by atoms with E-state index in [2.05, 4.69) is 69.9 Å². The van der Waals surface area contributed by atoms with Crippen molar-refractivity contribution in [1.82, 2.24) is 0 Å². The molecule has 1 nitrogen and oxygen atoms in total. The number of nitrogens with zero attached hydrogens (tertiary/aromatic N) is 1. The van der Waals surface area contributed by atoms with Crippen LogP contribution in [0.15, 0.2) is 41.4 Å². The fourth-order valence-electron chi connectivity index (χ4n) is 1.65. The Morgan fingerprint density at radius 1 is 1.20 bits per heavy atom. The molecule has 1 aromatic carbocycles. The molecule has 0 bridgehead atoms. The average molecular weight is 306 g/mol. The van der Waals surface area contributed by atoms with E-state index < -0.39 is 8.07 Å². The van der Waals surface area contributed by atoms with Crippen LogP contribution in [0.1, 0.15) is 18.9 Å². The lowest BCUT2D eigenvalue weighted by Crippen LogP contribution is -2.20. The lowest BCUT2D eigenvalue weighted by molar-refractivity contribution is 1.22. The molecule has 1 rings (SSSR count). The van der Waals surface area contributed by atoms with E-state index in [1.165, 1.54) is 16.7 Å². The van der Waals surface area contributed by atoms with Gasteiger partial charge in [-0.15, -0.1) is 11.8 Å². The molecular weight excluding hydrogens is 278 g/mol. The van der Waals surface area contributed by atoms with Crippen LogP contribution in [0.2, 0.25) is 25.7 Å². The molecule has 20 heavy (non-hydrogen) atoms. The predicted molar refractivity (Wildman–Crippen MR) is 98.3 cm³/mol. The summed E-state index contributed by atoms with van der Waals surface area (Å²) in [6, 6.07) is 9.79. The molecular formula is C17H27NSSi. The Kier molecular flexibility index (Phi) is 7.31. The summed E-state index contributed by atoms with van der Waals surface area (Å²) < 4.78 is 0. The molecule has 1 aromatic rings. The number of thioether (sulfide) groups is 1. The third-order valence-electron chi connectivity index (χ3n) is 2.96. The summed E-state index contributed by atoms with van der Waals surface area (Å²) >= 11 is 1.87. The van der Waals surface area contributed by atoms with Gasteiger partial charge in [-0.25, -0.2) is 4.99 Å². The number of aryl methyl sites for hydroxylation is 1. The molecule has 0 aliphatic carbocycles. The van der Waals surface area contributed by atoms with E-state index in [0.717, 1.165) is 17.9 Å². The van der Waals surface area contributed by atoms with Crippen LogP contribution in [0, 0.1) is 6.92 Å². The minimum Gasteiger partial charge on any atom is -0.247 e. The number of aliphatic imine (C=N–C) groups is 1. The molecule has 0 atom stereocenters. The highest BCUT2D eigenvalue weighted by Crippen LogP contribution is 2.22. The average Bonchev–Trinajstić information content (AvgIpc) is 2.37. The number of benzene rings is 1. The Morgan fingerprint density at radius 2 is 1.85 bits per heavy atom. The SMILES string of the molecule is CC=CCSC(CC[Si](C)(C)C)=Nc1ccc(C)cc1. The first-order valence-electron chi connectivity index (χ1n) is 7.29. The van der Waals surface area contributed by atoms with Gasteiger partial charge in [0.05, 0.1) is 10.7 Å². The molecule has 0 spiro atoms. The van der Waals surface area contributed by atoms with E-state index in [1.54, 1.807) is 0 Å². The van der Waals surface area contributed by atoms with Gasteiger partial charge >= 0.3 is 0 Å². The first-order chi connectivity index (χ1) is 9.40. The van der Waals surface area contributed by atoms with Gasteiger partial charge in [0.1, 0.15) is 0 Å². The third-order valence-corrected chi connectivity index (χ3v) is 5.70. The van der Waals surface area contributed by atoms with Gasteiger partial charge in [0.15, 0.2) is 0 Å². The van der Waals surface area contributed by atoms with E-state index >= 15 is 0 Å². The van der Waals surface area contributed by atoms with Crippen molar-refractivity contribution in [2.24, 2.45) is 4.99 Å². The molecule has 110 valence electrons. The summed E-state index contributed by atoms with van der Waals surface area (Å²) in [6.45, 7) is 11.5. The van der Waals surface area contributed by atoms with E-state index in [4.69, 9.17) is 4.99 Å². The van der Waals surface area contributed by atoms with Crippen LogP contribution in [0.25, 0.3) is 0 Å². The van der Waals surface area contributed by atoms with Gasteiger partial charge in [0, 0.05) is 13.8 Å². The summed E-state index contributed by atoms with van der Waals surface area (Å²) in [5, 5.41) is 1.27. The number of rotatable bonds is 6. The zero-order chi connectivity index (χ0) is 15.0. The zero-order valence-electron chi connectivity index (χ0n) is 13.4. The van der Waals surface area contributed by atoms with E-state index in [9.17, 15) is 0 Å². The van der Waals surface area contributed by atoms with Crippen molar-refractivity contribution in [3.8, 4) is 0 Å². The first-order valence-corrected chi connectivity index (χ1v) is 12.0. The predicted octanol–water partition coefficient (Wildman–Crippen LogP) is 6.06. The number of allylic oxidation sites excluding steroid dienone is 1. The molecule has 0 radical (unpaired) electrons. The third kappa shape index (κ3) is 7.71. The Hall–Kier alpha value is -0.803. The minimum absolute atomic E-state index is 1.01. The maximum absolute atomic E-state index is 4.84. The van der Waals surface area contributed by atoms with Crippen LogP contribution < -0.4 is 0 Å². The molecule has 0 saturated heterocycles. The summed E-state index contributed by atoms with van der Waals surface area (Å²) in [4.78, 5) is 4.84. The van der Waals surface area contributed by atoms with E-state index in [1.807, 2.05) is 11.8 Å². The number of hydrogen-bond donors (Lipinski definition) is 0. The Bertz CT molecular complexity index is 455. The molecule has 3 heteroatoms. The summed E-state index contributed by atoms with van der Waals surface area (Å²) in [5.41, 5.74) is 2.36. The molecule has 0 aliphatic rings. The molecule has 0 aliphatic heterocycles. The Morgan fingerprint density at radius 3 is 2.40 bits per heavy atom. The second-order valence-corrected chi connectivity index (χ2v) is 13.0. The Balaban J connectivity index is 2.76. The van der Waals surface area contributed by atoms with Gasteiger partial charge < -0.3 is 0 Å². The quantitative estimate of drug-likeness (QED) is 0.269. The number of hydrogen-bond acceptors (Lipinski definition) is 2. The van der Waals surface area contributed by atoms with Crippen molar-refractivity contribution in [3.63, 3.8) is 0 Å². The fourth-order valence-corrected chi connectivity index (χ4v) is 3.71. The maximum atomic E-state index is 4.84. The van der Waals surface area contributed by atoms with Crippen LogP contribution in [-0.2, 0) is 0 Å². The van der Waals surface area contributed by atoms with Crippen molar-refractivity contribution in [2.75, 3.05) is 5.75 Å². The van der Waals surface area contributed by atoms with Gasteiger partial charge in [-0.3, -0.25) is 0 Å². The molecule has 0 heterocycles. The molecule has 0 fully saturated rings. The first kappa shape index (κ1) is 17.2. The van der Waals surface area contributed by atoms with Gasteiger partial charge in [0.2, 0.25) is 0 Å². The topological polar surface area (TPSA) is 12.4 Å². The molecule has 0 N–H and O–H groups in total. The van der Waals surface area contributed by atoms with Gasteiger partial charge in [-0.2, -0.15) is 0 Å². The van der Waals surface area contributed by atoms with Gasteiger partial charge in [-0.1, -0.05) is 55.5 Å². The summed E-state index contributed by atoms with van der Waals surface area (Å²) in [5.74, 6) is 1.02. The highest BCUT2D eigenvalue weighted by molar-refractivity contribution is 8.14. The summed E-state index contributed by atoms with van der Waals surface area (Å²) in [7, 11) is -1.01. The fraction of sp³-hybridized carbons (Fsp3) is 0.471. The summed E-state index contributed by atoms with van der Waals surface area (Å²) in [6.07, 6.45) is 5.42. The van der Waals surface area contributed by atoms with Crippen molar-refractivity contribution < 1.29 is 0 Å². The van der Waals surface area contributed by atoms with Crippen molar-refractivity contribution in [2.45, 2.75) is 46.0 Å². The molecule has 0 unspecified atom stereocenters. The molecule has 0 aromatic heterocycles. The highest BCUT2D eigenvalue weighted by Gasteiger charge is 2.14. The molecule has 0 amide bonds. The van der Waals surface area contributed by atoms with Gasteiger partial charge in [0.25, 0.3) is 0 Å². The maximum Gasteiger partial charge on any atom is 0.0738 e.